The van der Waals surface area contributed by atoms with Crippen molar-refractivity contribution in [2.24, 2.45) is 5.73 Å². The Labute approximate surface area is 188 Å². The summed E-state index contributed by atoms with van der Waals surface area (Å²) in [7, 11) is 1.55. The van der Waals surface area contributed by atoms with Crippen molar-refractivity contribution in [2.75, 3.05) is 7.11 Å². The second-order valence-electron chi connectivity index (χ2n) is 7.10. The van der Waals surface area contributed by atoms with Crippen LogP contribution >= 0.6 is 0 Å². The van der Waals surface area contributed by atoms with Crippen LogP contribution in [0.4, 0.5) is 5.69 Å². The van der Waals surface area contributed by atoms with Gasteiger partial charge in [-0.15, -0.1) is 0 Å². The number of nitro groups is 1. The van der Waals surface area contributed by atoms with E-state index in [0.29, 0.717) is 17.1 Å². The summed E-state index contributed by atoms with van der Waals surface area (Å²) in [5.41, 5.74) is 7.51. The van der Waals surface area contributed by atoms with E-state index in [2.05, 4.69) is 6.07 Å². The molecule has 0 saturated heterocycles. The first-order chi connectivity index (χ1) is 15.9. The van der Waals surface area contributed by atoms with Crippen molar-refractivity contribution in [3.63, 3.8) is 0 Å². The average molecular weight is 443 g/mol. The number of rotatable bonds is 5. The molecule has 0 saturated carbocycles. The fourth-order valence-electron chi connectivity index (χ4n) is 3.58. The Balaban J connectivity index is 1.68. The Hall–Kier alpha value is -4.84. The van der Waals surface area contributed by atoms with Crippen molar-refractivity contribution in [1.29, 1.82) is 5.26 Å². The molecular weight excluding hydrogens is 426 g/mol. The number of fused-ring (bicyclic) bond motifs is 1. The van der Waals surface area contributed by atoms with Crippen molar-refractivity contribution >= 4 is 11.7 Å². The van der Waals surface area contributed by atoms with Gasteiger partial charge in [0.25, 0.3) is 5.69 Å². The third kappa shape index (κ3) is 4.18. The summed E-state index contributed by atoms with van der Waals surface area (Å²) >= 11 is 0. The van der Waals surface area contributed by atoms with Gasteiger partial charge in [0.15, 0.2) is 0 Å². The number of allylic oxidation sites excluding steroid dienone is 1. The molecule has 9 heteroatoms. The van der Waals surface area contributed by atoms with Gasteiger partial charge in [0, 0.05) is 23.8 Å². The minimum Gasteiger partial charge on any atom is -0.497 e. The third-order valence-electron chi connectivity index (χ3n) is 5.12. The van der Waals surface area contributed by atoms with Gasteiger partial charge in [-0.05, 0) is 29.8 Å². The SMILES string of the molecule is COc1cccc(C2C(C#N)=C(N)Oc3cc(OC(=O)c4cccc([N+](=O)[O-])c4)ccc32)c1. The van der Waals surface area contributed by atoms with E-state index in [0.717, 1.165) is 11.6 Å². The van der Waals surface area contributed by atoms with Gasteiger partial charge in [0.05, 0.1) is 23.5 Å². The van der Waals surface area contributed by atoms with E-state index in [9.17, 15) is 20.2 Å². The number of esters is 1. The lowest BCUT2D eigenvalue weighted by atomic mass is 9.83. The molecule has 3 aromatic rings. The molecule has 0 fully saturated rings. The van der Waals surface area contributed by atoms with Gasteiger partial charge < -0.3 is 19.9 Å². The molecule has 0 spiro atoms. The molecular formula is C24H17N3O6. The number of hydrogen-bond acceptors (Lipinski definition) is 8. The summed E-state index contributed by atoms with van der Waals surface area (Å²) in [6, 6.07) is 19.3. The monoisotopic (exact) mass is 443 g/mol. The summed E-state index contributed by atoms with van der Waals surface area (Å²) in [5.74, 6) is -0.221. The number of nitro benzene ring substituents is 1. The molecule has 1 heterocycles. The first-order valence-electron chi connectivity index (χ1n) is 9.73. The number of hydrogen-bond donors (Lipinski definition) is 1. The van der Waals surface area contributed by atoms with Crippen LogP contribution in [0.2, 0.25) is 0 Å². The van der Waals surface area contributed by atoms with E-state index in [1.165, 1.54) is 24.3 Å². The average Bonchev–Trinajstić information content (AvgIpc) is 2.83. The van der Waals surface area contributed by atoms with E-state index < -0.39 is 16.8 Å². The number of nitrogens with zero attached hydrogens (tertiary/aromatic N) is 2. The maximum absolute atomic E-state index is 12.5. The van der Waals surface area contributed by atoms with Crippen LogP contribution in [0.1, 0.15) is 27.4 Å². The smallest absolute Gasteiger partial charge is 0.343 e. The molecule has 0 amide bonds. The summed E-state index contributed by atoms with van der Waals surface area (Å²) in [4.78, 5) is 22.9. The summed E-state index contributed by atoms with van der Waals surface area (Å²) < 4.78 is 16.3. The van der Waals surface area contributed by atoms with Crippen LogP contribution in [0, 0.1) is 21.4 Å². The number of nitrogens with two attached hydrogens (primary N) is 1. The fraction of sp³-hybridized carbons (Fsp3) is 0.0833. The lowest BCUT2D eigenvalue weighted by Crippen LogP contribution is -2.21. The van der Waals surface area contributed by atoms with E-state index >= 15 is 0 Å². The molecule has 164 valence electrons. The summed E-state index contributed by atoms with van der Waals surface area (Å²) in [5, 5.41) is 20.6. The first kappa shape index (κ1) is 21.4. The Morgan fingerprint density at radius 1 is 1.12 bits per heavy atom. The second kappa shape index (κ2) is 8.72. The summed E-state index contributed by atoms with van der Waals surface area (Å²) in [6.07, 6.45) is 0. The zero-order valence-corrected chi connectivity index (χ0v) is 17.3. The van der Waals surface area contributed by atoms with Crippen LogP contribution in [-0.4, -0.2) is 18.0 Å². The Morgan fingerprint density at radius 3 is 2.64 bits per heavy atom. The van der Waals surface area contributed by atoms with E-state index in [1.54, 1.807) is 31.4 Å². The largest absolute Gasteiger partial charge is 0.497 e. The van der Waals surface area contributed by atoms with E-state index in [1.807, 2.05) is 12.1 Å². The van der Waals surface area contributed by atoms with Crippen molar-refractivity contribution in [3.8, 4) is 23.3 Å². The van der Waals surface area contributed by atoms with Crippen molar-refractivity contribution in [3.05, 3.63) is 105 Å². The Kier molecular flexibility index (Phi) is 5.66. The van der Waals surface area contributed by atoms with Gasteiger partial charge in [0.2, 0.25) is 5.88 Å². The molecule has 3 aromatic carbocycles. The van der Waals surface area contributed by atoms with Gasteiger partial charge in [-0.2, -0.15) is 5.26 Å². The lowest BCUT2D eigenvalue weighted by Gasteiger charge is -2.27. The number of non-ortho nitro benzene ring substituents is 1. The topological polar surface area (TPSA) is 138 Å². The molecule has 33 heavy (non-hydrogen) atoms. The lowest BCUT2D eigenvalue weighted by molar-refractivity contribution is -0.384. The molecule has 0 radical (unpaired) electrons. The van der Waals surface area contributed by atoms with Crippen LogP contribution in [0.15, 0.2) is 78.2 Å². The minimum atomic E-state index is -0.764. The fourth-order valence-corrected chi connectivity index (χ4v) is 3.58. The molecule has 0 bridgehead atoms. The number of carbonyl (C=O) groups is 1. The van der Waals surface area contributed by atoms with Gasteiger partial charge in [-0.25, -0.2) is 4.79 Å². The predicted octanol–water partition coefficient (Wildman–Crippen LogP) is 4.04. The van der Waals surface area contributed by atoms with Crippen LogP contribution in [0.5, 0.6) is 17.2 Å². The van der Waals surface area contributed by atoms with Gasteiger partial charge >= 0.3 is 5.97 Å². The number of ether oxygens (including phenoxy) is 3. The number of methoxy groups -OCH3 is 1. The highest BCUT2D eigenvalue weighted by molar-refractivity contribution is 5.91. The Morgan fingerprint density at radius 2 is 1.91 bits per heavy atom. The molecule has 2 N–H and O–H groups in total. The van der Waals surface area contributed by atoms with Crippen LogP contribution < -0.4 is 19.9 Å². The first-order valence-corrected chi connectivity index (χ1v) is 9.73. The highest BCUT2D eigenvalue weighted by atomic mass is 16.6. The van der Waals surface area contributed by atoms with Crippen LogP contribution in [0.25, 0.3) is 0 Å². The molecule has 4 rings (SSSR count). The second-order valence-corrected chi connectivity index (χ2v) is 7.10. The Bertz CT molecular complexity index is 1340. The minimum absolute atomic E-state index is 0.0308. The van der Waals surface area contributed by atoms with E-state index in [4.69, 9.17) is 19.9 Å². The molecule has 1 aliphatic rings. The van der Waals surface area contributed by atoms with Gasteiger partial charge in [-0.3, -0.25) is 10.1 Å². The van der Waals surface area contributed by atoms with Gasteiger partial charge in [0.1, 0.15) is 28.9 Å². The molecule has 9 nitrogen and oxygen atoms in total. The van der Waals surface area contributed by atoms with Gasteiger partial charge in [-0.1, -0.05) is 24.3 Å². The summed E-state index contributed by atoms with van der Waals surface area (Å²) in [6.45, 7) is 0. The molecule has 1 atom stereocenters. The quantitative estimate of drug-likeness (QED) is 0.270. The van der Waals surface area contributed by atoms with E-state index in [-0.39, 0.29) is 28.5 Å². The highest BCUT2D eigenvalue weighted by Crippen LogP contribution is 2.44. The highest BCUT2D eigenvalue weighted by Gasteiger charge is 2.31. The molecule has 1 aliphatic heterocycles. The molecule has 1 unspecified atom stereocenters. The van der Waals surface area contributed by atoms with Crippen LogP contribution in [0.3, 0.4) is 0 Å². The van der Waals surface area contributed by atoms with Crippen molar-refractivity contribution in [1.82, 2.24) is 0 Å². The maximum Gasteiger partial charge on any atom is 0.343 e. The van der Waals surface area contributed by atoms with Crippen molar-refractivity contribution < 1.29 is 23.9 Å². The normalized spacial score (nSPS) is 14.5. The number of nitriles is 1. The zero-order chi connectivity index (χ0) is 23.5. The number of carbonyl (C=O) groups excluding carboxylic acids is 1. The molecule has 0 aromatic heterocycles. The molecule has 0 aliphatic carbocycles. The van der Waals surface area contributed by atoms with Crippen molar-refractivity contribution in [2.45, 2.75) is 5.92 Å². The van der Waals surface area contributed by atoms with Crippen LogP contribution in [-0.2, 0) is 0 Å². The number of benzene rings is 3. The maximum atomic E-state index is 12.5. The third-order valence-corrected chi connectivity index (χ3v) is 5.12. The zero-order valence-electron chi connectivity index (χ0n) is 17.3. The predicted molar refractivity (Wildman–Crippen MR) is 117 cm³/mol. The standard InChI is InChI=1S/C24H17N3O6/c1-31-17-7-3-4-14(11-17)22-19-9-8-18(12-21(19)33-23(26)20(22)13-25)32-24(28)15-5-2-6-16(10-15)27(29)30/h2-12,22H,26H2,1H3.